The van der Waals surface area contributed by atoms with Gasteiger partial charge in [-0.2, -0.15) is 0 Å². The lowest BCUT2D eigenvalue weighted by molar-refractivity contribution is 0.190. The number of hydrogen-bond donors (Lipinski definition) is 2. The summed E-state index contributed by atoms with van der Waals surface area (Å²) in [6, 6.07) is 15.5. The lowest BCUT2D eigenvalue weighted by Crippen LogP contribution is -2.46. The molecule has 1 atom stereocenters. The summed E-state index contributed by atoms with van der Waals surface area (Å²) in [5.41, 5.74) is 3.25. The minimum Gasteiger partial charge on any atom is -0.465 e. The summed E-state index contributed by atoms with van der Waals surface area (Å²) in [6.45, 7) is 0.602. The fourth-order valence-electron chi connectivity index (χ4n) is 2.73. The van der Waals surface area contributed by atoms with Crippen molar-refractivity contribution in [2.75, 3.05) is 11.4 Å². The van der Waals surface area contributed by atoms with Gasteiger partial charge in [-0.25, -0.2) is 4.79 Å². The lowest BCUT2D eigenvalue weighted by Gasteiger charge is -2.36. The van der Waals surface area contributed by atoms with Crippen LogP contribution < -0.4 is 10.2 Å². The SMILES string of the molecule is O=C(O)NC1Cc2ccccc2N(c2ccc(Cl)cc2)C1. The third-order valence-corrected chi connectivity index (χ3v) is 3.87. The number of nitrogens with zero attached hydrogens (tertiary/aromatic N) is 1. The van der Waals surface area contributed by atoms with E-state index in [9.17, 15) is 4.79 Å². The van der Waals surface area contributed by atoms with E-state index in [4.69, 9.17) is 16.7 Å². The van der Waals surface area contributed by atoms with Gasteiger partial charge in [-0.1, -0.05) is 29.8 Å². The monoisotopic (exact) mass is 302 g/mol. The van der Waals surface area contributed by atoms with Gasteiger partial charge in [-0.15, -0.1) is 0 Å². The van der Waals surface area contributed by atoms with Crippen molar-refractivity contribution in [1.82, 2.24) is 5.32 Å². The van der Waals surface area contributed by atoms with Gasteiger partial charge in [0.05, 0.1) is 6.04 Å². The highest BCUT2D eigenvalue weighted by molar-refractivity contribution is 6.30. The number of carboxylic acid groups (broad SMARTS) is 1. The molecule has 4 nitrogen and oxygen atoms in total. The summed E-state index contributed by atoms with van der Waals surface area (Å²) in [4.78, 5) is 13.0. The Balaban J connectivity index is 1.97. The molecule has 2 N–H and O–H groups in total. The van der Waals surface area contributed by atoms with Crippen molar-refractivity contribution in [3.05, 3.63) is 59.1 Å². The quantitative estimate of drug-likeness (QED) is 0.890. The van der Waals surface area contributed by atoms with Crippen LogP contribution in [0.5, 0.6) is 0 Å². The van der Waals surface area contributed by atoms with E-state index >= 15 is 0 Å². The Labute approximate surface area is 128 Å². The number of anilines is 2. The van der Waals surface area contributed by atoms with E-state index in [2.05, 4.69) is 16.3 Å². The van der Waals surface area contributed by atoms with Crippen LogP contribution in [-0.4, -0.2) is 23.8 Å². The van der Waals surface area contributed by atoms with Crippen molar-refractivity contribution >= 4 is 29.1 Å². The first-order valence-electron chi connectivity index (χ1n) is 6.74. The number of halogens is 1. The molecule has 0 fully saturated rings. The zero-order valence-electron chi connectivity index (χ0n) is 11.3. The molecule has 5 heteroatoms. The molecular formula is C16H15ClN2O2. The molecule has 21 heavy (non-hydrogen) atoms. The second-order valence-corrected chi connectivity index (χ2v) is 5.50. The number of carbonyl (C=O) groups is 1. The first-order valence-corrected chi connectivity index (χ1v) is 7.12. The maximum Gasteiger partial charge on any atom is 0.404 e. The largest absolute Gasteiger partial charge is 0.465 e. The van der Waals surface area contributed by atoms with Gasteiger partial charge in [-0.05, 0) is 42.3 Å². The smallest absolute Gasteiger partial charge is 0.404 e. The molecule has 0 aromatic heterocycles. The molecule has 0 spiro atoms. The first kappa shape index (κ1) is 13.8. The minimum absolute atomic E-state index is 0.131. The molecule has 0 saturated carbocycles. The number of rotatable bonds is 2. The fraction of sp³-hybridized carbons (Fsp3) is 0.188. The van der Waals surface area contributed by atoms with Crippen LogP contribution in [0, 0.1) is 0 Å². The second-order valence-electron chi connectivity index (χ2n) is 5.07. The number of benzene rings is 2. The van der Waals surface area contributed by atoms with Gasteiger partial charge in [0, 0.05) is 22.9 Å². The van der Waals surface area contributed by atoms with Crippen molar-refractivity contribution in [3.8, 4) is 0 Å². The molecule has 2 aromatic rings. The number of hydrogen-bond acceptors (Lipinski definition) is 2. The Morgan fingerprint density at radius 3 is 2.62 bits per heavy atom. The molecule has 0 bridgehead atoms. The molecule has 1 aliphatic heterocycles. The summed E-state index contributed by atoms with van der Waals surface area (Å²) in [7, 11) is 0. The normalized spacial score (nSPS) is 17.2. The Morgan fingerprint density at radius 1 is 1.19 bits per heavy atom. The standard InChI is InChI=1S/C16H15ClN2O2/c17-12-5-7-14(8-6-12)19-10-13(18-16(20)21)9-11-3-1-2-4-15(11)19/h1-8,13,18H,9-10H2,(H,20,21). The van der Waals surface area contributed by atoms with Crippen LogP contribution in [0.25, 0.3) is 0 Å². The molecule has 1 aliphatic rings. The second kappa shape index (κ2) is 5.66. The summed E-state index contributed by atoms with van der Waals surface area (Å²) in [5, 5.41) is 12.2. The highest BCUT2D eigenvalue weighted by Crippen LogP contribution is 2.33. The van der Waals surface area contributed by atoms with Crippen LogP contribution >= 0.6 is 11.6 Å². The summed E-state index contributed by atoms with van der Waals surface area (Å²) in [5.74, 6) is 0. The average molecular weight is 303 g/mol. The molecule has 0 saturated heterocycles. The van der Waals surface area contributed by atoms with Crippen molar-refractivity contribution in [2.45, 2.75) is 12.5 Å². The highest BCUT2D eigenvalue weighted by atomic mass is 35.5. The predicted molar refractivity (Wildman–Crippen MR) is 83.6 cm³/mol. The number of fused-ring (bicyclic) bond motifs is 1. The minimum atomic E-state index is -0.990. The van der Waals surface area contributed by atoms with E-state index in [1.807, 2.05) is 42.5 Å². The topological polar surface area (TPSA) is 52.6 Å². The van der Waals surface area contributed by atoms with E-state index in [-0.39, 0.29) is 6.04 Å². The van der Waals surface area contributed by atoms with Crippen LogP contribution in [0.2, 0.25) is 5.02 Å². The fourth-order valence-corrected chi connectivity index (χ4v) is 2.86. The average Bonchev–Trinajstić information content (AvgIpc) is 2.46. The van der Waals surface area contributed by atoms with E-state index in [1.54, 1.807) is 0 Å². The van der Waals surface area contributed by atoms with Gasteiger partial charge in [0.2, 0.25) is 0 Å². The summed E-state index contributed by atoms with van der Waals surface area (Å²) in [6.07, 6.45) is -0.289. The van der Waals surface area contributed by atoms with Gasteiger partial charge in [0.15, 0.2) is 0 Å². The van der Waals surface area contributed by atoms with Crippen LogP contribution in [0.15, 0.2) is 48.5 Å². The van der Waals surface area contributed by atoms with E-state index in [0.29, 0.717) is 18.0 Å². The molecule has 0 radical (unpaired) electrons. The highest BCUT2D eigenvalue weighted by Gasteiger charge is 2.26. The summed E-state index contributed by atoms with van der Waals surface area (Å²) < 4.78 is 0. The Kier molecular flexibility index (Phi) is 3.71. The molecule has 108 valence electrons. The number of amides is 1. The first-order chi connectivity index (χ1) is 10.1. The van der Waals surface area contributed by atoms with Crippen molar-refractivity contribution in [3.63, 3.8) is 0 Å². The Bertz CT molecular complexity index is 658. The van der Waals surface area contributed by atoms with E-state index in [1.165, 1.54) is 0 Å². The number of para-hydroxylation sites is 1. The van der Waals surface area contributed by atoms with Gasteiger partial charge in [0.25, 0.3) is 0 Å². The molecule has 1 heterocycles. The van der Waals surface area contributed by atoms with Crippen LogP contribution in [0.4, 0.5) is 16.2 Å². The third-order valence-electron chi connectivity index (χ3n) is 3.62. The van der Waals surface area contributed by atoms with Gasteiger partial charge >= 0.3 is 6.09 Å². The summed E-state index contributed by atoms with van der Waals surface area (Å²) >= 11 is 5.94. The maximum absolute atomic E-state index is 10.9. The zero-order chi connectivity index (χ0) is 14.8. The Hall–Kier alpha value is -2.20. The van der Waals surface area contributed by atoms with Gasteiger partial charge in [-0.3, -0.25) is 0 Å². The van der Waals surface area contributed by atoms with E-state index in [0.717, 1.165) is 16.9 Å². The molecule has 1 amide bonds. The van der Waals surface area contributed by atoms with Crippen LogP contribution in [-0.2, 0) is 6.42 Å². The molecule has 2 aromatic carbocycles. The zero-order valence-corrected chi connectivity index (χ0v) is 12.0. The van der Waals surface area contributed by atoms with Crippen LogP contribution in [0.3, 0.4) is 0 Å². The lowest BCUT2D eigenvalue weighted by atomic mass is 9.97. The van der Waals surface area contributed by atoms with E-state index < -0.39 is 6.09 Å². The third kappa shape index (κ3) is 2.95. The number of nitrogens with one attached hydrogen (secondary N) is 1. The molecular weight excluding hydrogens is 288 g/mol. The van der Waals surface area contributed by atoms with Crippen molar-refractivity contribution in [1.29, 1.82) is 0 Å². The maximum atomic E-state index is 10.9. The molecule has 1 unspecified atom stereocenters. The van der Waals surface area contributed by atoms with Gasteiger partial charge < -0.3 is 15.3 Å². The predicted octanol–water partition coefficient (Wildman–Crippen LogP) is 3.67. The van der Waals surface area contributed by atoms with Crippen LogP contribution in [0.1, 0.15) is 5.56 Å². The molecule has 0 aliphatic carbocycles. The Morgan fingerprint density at radius 2 is 1.90 bits per heavy atom. The molecule has 3 rings (SSSR count). The van der Waals surface area contributed by atoms with Gasteiger partial charge in [0.1, 0.15) is 0 Å². The van der Waals surface area contributed by atoms with Crippen molar-refractivity contribution < 1.29 is 9.90 Å². The van der Waals surface area contributed by atoms with Crippen molar-refractivity contribution in [2.24, 2.45) is 0 Å².